The minimum atomic E-state index is -0.533. The number of hydrogen-bond donors (Lipinski definition) is 2. The number of hydrazine groups is 1. The van der Waals surface area contributed by atoms with Crippen LogP contribution in [0, 0.1) is 5.82 Å². The number of carbonyl (C=O) groups excluding carboxylic acids is 2. The van der Waals surface area contributed by atoms with Crippen LogP contribution in [0.25, 0.3) is 0 Å². The summed E-state index contributed by atoms with van der Waals surface area (Å²) < 4.78 is 24.0. The molecule has 0 spiro atoms. The SMILES string of the molecule is O=C(NNC(=O)c1ccc(OCC2CCCO2)cc1)c1ccc(F)cc1. The molecule has 1 saturated heterocycles. The molecule has 1 unspecified atom stereocenters. The number of rotatable bonds is 5. The van der Waals surface area contributed by atoms with E-state index in [4.69, 9.17) is 9.47 Å². The predicted octanol–water partition coefficient (Wildman–Crippen LogP) is 2.46. The Morgan fingerprint density at radius 3 is 2.12 bits per heavy atom. The zero-order valence-electron chi connectivity index (χ0n) is 14.0. The van der Waals surface area contributed by atoms with Crippen molar-refractivity contribution in [3.8, 4) is 5.75 Å². The van der Waals surface area contributed by atoms with Gasteiger partial charge in [-0.3, -0.25) is 20.4 Å². The maximum absolute atomic E-state index is 12.8. The summed E-state index contributed by atoms with van der Waals surface area (Å²) in [6, 6.07) is 11.6. The highest BCUT2D eigenvalue weighted by Crippen LogP contribution is 2.16. The molecule has 136 valence electrons. The molecular weight excluding hydrogens is 339 g/mol. The molecular formula is C19H19FN2O4. The number of nitrogens with one attached hydrogen (secondary N) is 2. The van der Waals surface area contributed by atoms with Gasteiger partial charge in [0, 0.05) is 17.7 Å². The number of carbonyl (C=O) groups is 2. The summed E-state index contributed by atoms with van der Waals surface area (Å²) in [5, 5.41) is 0. The third-order valence-electron chi connectivity index (χ3n) is 3.97. The Balaban J connectivity index is 1.48. The van der Waals surface area contributed by atoms with Crippen molar-refractivity contribution < 1.29 is 23.5 Å². The van der Waals surface area contributed by atoms with E-state index in [1.807, 2.05) is 0 Å². The highest BCUT2D eigenvalue weighted by molar-refractivity contribution is 5.99. The fourth-order valence-electron chi connectivity index (χ4n) is 2.53. The Kier molecular flexibility index (Phi) is 5.80. The maximum Gasteiger partial charge on any atom is 0.269 e. The molecule has 0 saturated carbocycles. The summed E-state index contributed by atoms with van der Waals surface area (Å²) >= 11 is 0. The van der Waals surface area contributed by atoms with Crippen LogP contribution in [0.1, 0.15) is 33.6 Å². The van der Waals surface area contributed by atoms with Gasteiger partial charge in [-0.25, -0.2) is 4.39 Å². The first-order chi connectivity index (χ1) is 12.6. The molecule has 1 aliphatic heterocycles. The van der Waals surface area contributed by atoms with E-state index < -0.39 is 17.6 Å². The first-order valence-electron chi connectivity index (χ1n) is 8.32. The van der Waals surface area contributed by atoms with Crippen LogP contribution >= 0.6 is 0 Å². The normalized spacial score (nSPS) is 16.1. The summed E-state index contributed by atoms with van der Waals surface area (Å²) in [6.07, 6.45) is 2.17. The van der Waals surface area contributed by atoms with Crippen molar-refractivity contribution >= 4 is 11.8 Å². The molecule has 6 nitrogen and oxygen atoms in total. The topological polar surface area (TPSA) is 76.7 Å². The quantitative estimate of drug-likeness (QED) is 0.805. The fourth-order valence-corrected chi connectivity index (χ4v) is 2.53. The molecule has 0 aliphatic carbocycles. The fraction of sp³-hybridized carbons (Fsp3) is 0.263. The third kappa shape index (κ3) is 4.80. The molecule has 0 aromatic heterocycles. The lowest BCUT2D eigenvalue weighted by Gasteiger charge is -2.12. The van der Waals surface area contributed by atoms with E-state index in [0.717, 1.165) is 19.4 Å². The molecule has 2 aromatic rings. The van der Waals surface area contributed by atoms with E-state index in [1.165, 1.54) is 24.3 Å². The molecule has 1 aliphatic rings. The van der Waals surface area contributed by atoms with E-state index >= 15 is 0 Å². The molecule has 26 heavy (non-hydrogen) atoms. The zero-order chi connectivity index (χ0) is 18.4. The van der Waals surface area contributed by atoms with Crippen LogP contribution in [0.3, 0.4) is 0 Å². The van der Waals surface area contributed by atoms with Crippen LogP contribution in [0.2, 0.25) is 0 Å². The molecule has 2 aromatic carbocycles. The summed E-state index contributed by atoms with van der Waals surface area (Å²) in [4.78, 5) is 23.9. The standard InChI is InChI=1S/C19H19FN2O4/c20-15-7-3-13(4-8-15)18(23)21-22-19(24)14-5-9-16(10-6-14)26-12-17-2-1-11-25-17/h3-10,17H,1-2,11-12H2,(H,21,23)(H,22,24). The Labute approximate surface area is 150 Å². The molecule has 0 bridgehead atoms. The van der Waals surface area contributed by atoms with Gasteiger partial charge in [-0.15, -0.1) is 0 Å². The average Bonchev–Trinajstić information content (AvgIpc) is 3.19. The molecule has 2 N–H and O–H groups in total. The Morgan fingerprint density at radius 2 is 1.58 bits per heavy atom. The summed E-state index contributed by atoms with van der Waals surface area (Å²) in [7, 11) is 0. The van der Waals surface area contributed by atoms with Gasteiger partial charge in [0.1, 0.15) is 18.2 Å². The molecule has 3 rings (SSSR count). The molecule has 2 amide bonds. The van der Waals surface area contributed by atoms with E-state index in [9.17, 15) is 14.0 Å². The first-order valence-corrected chi connectivity index (χ1v) is 8.32. The van der Waals surface area contributed by atoms with Gasteiger partial charge in [0.05, 0.1) is 6.10 Å². The largest absolute Gasteiger partial charge is 0.491 e. The van der Waals surface area contributed by atoms with Crippen molar-refractivity contribution in [2.24, 2.45) is 0 Å². The lowest BCUT2D eigenvalue weighted by atomic mass is 10.2. The minimum absolute atomic E-state index is 0.125. The van der Waals surface area contributed by atoms with E-state index in [2.05, 4.69) is 10.9 Å². The highest BCUT2D eigenvalue weighted by Gasteiger charge is 2.16. The smallest absolute Gasteiger partial charge is 0.269 e. The second kappa shape index (κ2) is 8.44. The van der Waals surface area contributed by atoms with Gasteiger partial charge in [-0.05, 0) is 61.4 Å². The van der Waals surface area contributed by atoms with Gasteiger partial charge >= 0.3 is 0 Å². The van der Waals surface area contributed by atoms with Gasteiger partial charge in [-0.2, -0.15) is 0 Å². The lowest BCUT2D eigenvalue weighted by molar-refractivity contribution is 0.0679. The maximum atomic E-state index is 12.8. The van der Waals surface area contributed by atoms with Crippen molar-refractivity contribution in [2.75, 3.05) is 13.2 Å². The Morgan fingerprint density at radius 1 is 1.00 bits per heavy atom. The third-order valence-corrected chi connectivity index (χ3v) is 3.97. The van der Waals surface area contributed by atoms with Crippen LogP contribution in [-0.2, 0) is 4.74 Å². The highest BCUT2D eigenvalue weighted by atomic mass is 19.1. The zero-order valence-corrected chi connectivity index (χ0v) is 14.0. The Hall–Kier alpha value is -2.93. The predicted molar refractivity (Wildman–Crippen MR) is 92.2 cm³/mol. The number of halogens is 1. The molecule has 1 atom stereocenters. The van der Waals surface area contributed by atoms with Crippen molar-refractivity contribution in [1.82, 2.24) is 10.9 Å². The van der Waals surface area contributed by atoms with Gasteiger partial charge in [0.2, 0.25) is 0 Å². The molecule has 1 fully saturated rings. The van der Waals surface area contributed by atoms with Crippen LogP contribution in [0.15, 0.2) is 48.5 Å². The van der Waals surface area contributed by atoms with E-state index in [0.29, 0.717) is 17.9 Å². The van der Waals surface area contributed by atoms with Gasteiger partial charge in [0.25, 0.3) is 11.8 Å². The molecule has 7 heteroatoms. The van der Waals surface area contributed by atoms with Crippen LogP contribution in [0.5, 0.6) is 5.75 Å². The van der Waals surface area contributed by atoms with Crippen molar-refractivity contribution in [3.63, 3.8) is 0 Å². The van der Waals surface area contributed by atoms with Crippen LogP contribution in [0.4, 0.5) is 4.39 Å². The number of hydrogen-bond acceptors (Lipinski definition) is 4. The second-order valence-corrected chi connectivity index (χ2v) is 5.89. The van der Waals surface area contributed by atoms with Gasteiger partial charge < -0.3 is 9.47 Å². The summed E-state index contributed by atoms with van der Waals surface area (Å²) in [5.74, 6) is -0.791. The van der Waals surface area contributed by atoms with Crippen LogP contribution in [-0.4, -0.2) is 31.1 Å². The first kappa shape index (κ1) is 17.9. The molecule has 1 heterocycles. The lowest BCUT2D eigenvalue weighted by Crippen LogP contribution is -2.41. The average molecular weight is 358 g/mol. The Bertz CT molecular complexity index is 756. The van der Waals surface area contributed by atoms with Gasteiger partial charge in [-0.1, -0.05) is 0 Å². The van der Waals surface area contributed by atoms with Crippen molar-refractivity contribution in [2.45, 2.75) is 18.9 Å². The monoisotopic (exact) mass is 358 g/mol. The van der Waals surface area contributed by atoms with Gasteiger partial charge in [0.15, 0.2) is 0 Å². The van der Waals surface area contributed by atoms with Crippen molar-refractivity contribution in [1.29, 1.82) is 0 Å². The van der Waals surface area contributed by atoms with E-state index in [-0.39, 0.29) is 11.7 Å². The number of ether oxygens (including phenoxy) is 2. The second-order valence-electron chi connectivity index (χ2n) is 5.89. The molecule has 0 radical (unpaired) electrons. The van der Waals surface area contributed by atoms with Crippen molar-refractivity contribution in [3.05, 3.63) is 65.5 Å². The summed E-state index contributed by atoms with van der Waals surface area (Å²) in [6.45, 7) is 1.26. The van der Waals surface area contributed by atoms with Crippen LogP contribution < -0.4 is 15.6 Å². The minimum Gasteiger partial charge on any atom is -0.491 e. The summed E-state index contributed by atoms with van der Waals surface area (Å²) in [5.41, 5.74) is 5.21. The number of benzene rings is 2. The number of amides is 2. The van der Waals surface area contributed by atoms with E-state index in [1.54, 1.807) is 24.3 Å².